The van der Waals surface area contributed by atoms with Gasteiger partial charge in [0, 0.05) is 0 Å². The van der Waals surface area contributed by atoms with Crippen LogP contribution in [-0.2, 0) is 20.0 Å². The van der Waals surface area contributed by atoms with Crippen molar-refractivity contribution in [1.29, 1.82) is 0 Å². The zero-order chi connectivity index (χ0) is 24.0. The molecule has 0 saturated heterocycles. The van der Waals surface area contributed by atoms with Crippen LogP contribution in [-0.4, -0.2) is 43.1 Å². The Morgan fingerprint density at radius 2 is 0.765 bits per heavy atom. The summed E-state index contributed by atoms with van der Waals surface area (Å²) < 4.78 is 58.9. The molecule has 4 rings (SSSR count). The van der Waals surface area contributed by atoms with Crippen LogP contribution in [0.4, 0.5) is 11.4 Å². The molecule has 0 bridgehead atoms. The molecule has 0 radical (unpaired) electrons. The van der Waals surface area contributed by atoms with Crippen molar-refractivity contribution in [2.24, 2.45) is 0 Å². The van der Waals surface area contributed by atoms with Crippen LogP contribution in [0.15, 0.2) is 119 Å². The number of anilines is 2. The molecule has 0 spiro atoms. The van der Waals surface area contributed by atoms with Crippen molar-refractivity contribution >= 4 is 66.6 Å². The topological polar surface area (TPSA) is 92.3 Å². The Kier molecular flexibility index (Phi) is 7.78. The predicted octanol–water partition coefficient (Wildman–Crippen LogP) is 2.56. The van der Waals surface area contributed by atoms with Gasteiger partial charge >= 0.3 is 212 Å². The van der Waals surface area contributed by atoms with Gasteiger partial charge in [-0.2, -0.15) is 0 Å². The fraction of sp³-hybridized carbons (Fsp3) is 0. The van der Waals surface area contributed by atoms with E-state index >= 15 is 0 Å². The van der Waals surface area contributed by atoms with Crippen molar-refractivity contribution in [3.63, 3.8) is 0 Å². The zero-order valence-electron chi connectivity index (χ0n) is 17.7. The standard InChI is InChI=1S/C24H20N2O4S2Se2/c27-31(28,25-19-11-3-1-4-12-19)21-15-7-9-17-23(21)33-34-24-18-10-8-16-22(24)32(29,30)26-20-13-5-2-6-14-20/h1-18,25-26H. The summed E-state index contributed by atoms with van der Waals surface area (Å²) in [6.07, 6.45) is 0. The Labute approximate surface area is 210 Å². The SMILES string of the molecule is O=S(=O)(Nc1ccccc1)c1ccccc1[Se][Se]c1ccccc1S(=O)(=O)Nc1ccccc1. The molecule has 34 heavy (non-hydrogen) atoms. The normalized spacial score (nSPS) is 11.6. The molecule has 0 aliphatic carbocycles. The minimum absolute atomic E-state index is 0.212. The van der Waals surface area contributed by atoms with Crippen LogP contribution in [0.5, 0.6) is 0 Å². The molecule has 2 N–H and O–H groups in total. The summed E-state index contributed by atoms with van der Waals surface area (Å²) in [7, 11) is -7.57. The van der Waals surface area contributed by atoms with Crippen molar-refractivity contribution in [1.82, 2.24) is 0 Å². The maximum absolute atomic E-state index is 13.1. The molecule has 0 unspecified atom stereocenters. The van der Waals surface area contributed by atoms with E-state index in [0.29, 0.717) is 20.3 Å². The van der Waals surface area contributed by atoms with E-state index in [4.69, 9.17) is 0 Å². The molecule has 0 aliphatic rings. The molecule has 0 atom stereocenters. The number of hydrogen-bond acceptors (Lipinski definition) is 4. The van der Waals surface area contributed by atoms with E-state index in [-0.39, 0.29) is 36.1 Å². The van der Waals surface area contributed by atoms with Crippen LogP contribution in [0.3, 0.4) is 0 Å². The molecule has 4 aromatic rings. The van der Waals surface area contributed by atoms with Gasteiger partial charge < -0.3 is 0 Å². The Balaban J connectivity index is 1.58. The van der Waals surface area contributed by atoms with Gasteiger partial charge in [0.2, 0.25) is 0 Å². The Morgan fingerprint density at radius 3 is 1.15 bits per heavy atom. The van der Waals surface area contributed by atoms with E-state index in [9.17, 15) is 16.8 Å². The van der Waals surface area contributed by atoms with Gasteiger partial charge in [-0.05, 0) is 0 Å². The number of nitrogens with one attached hydrogen (secondary N) is 2. The van der Waals surface area contributed by atoms with Gasteiger partial charge in [0.15, 0.2) is 0 Å². The van der Waals surface area contributed by atoms with E-state index < -0.39 is 20.0 Å². The summed E-state index contributed by atoms with van der Waals surface area (Å²) in [5, 5.41) is 0. The van der Waals surface area contributed by atoms with Crippen LogP contribution in [0, 0.1) is 0 Å². The first-order valence-corrected chi connectivity index (χ1v) is 19.0. The van der Waals surface area contributed by atoms with Crippen LogP contribution < -0.4 is 18.4 Å². The number of benzene rings is 4. The van der Waals surface area contributed by atoms with Gasteiger partial charge in [0.25, 0.3) is 0 Å². The second-order valence-electron chi connectivity index (χ2n) is 7.00. The summed E-state index contributed by atoms with van der Waals surface area (Å²) in [5.41, 5.74) is 0.970. The summed E-state index contributed by atoms with van der Waals surface area (Å²) in [4.78, 5) is 0.423. The number of para-hydroxylation sites is 2. The second-order valence-corrected chi connectivity index (χ2v) is 16.5. The van der Waals surface area contributed by atoms with Crippen molar-refractivity contribution < 1.29 is 16.8 Å². The first-order valence-electron chi connectivity index (χ1n) is 10.0. The van der Waals surface area contributed by atoms with Gasteiger partial charge in [0.1, 0.15) is 0 Å². The third kappa shape index (κ3) is 6.10. The van der Waals surface area contributed by atoms with Crippen LogP contribution in [0.1, 0.15) is 0 Å². The first kappa shape index (κ1) is 24.5. The number of sulfonamides is 2. The zero-order valence-corrected chi connectivity index (χ0v) is 22.7. The molecule has 0 aliphatic heterocycles. The van der Waals surface area contributed by atoms with E-state index in [2.05, 4.69) is 9.44 Å². The van der Waals surface area contributed by atoms with Gasteiger partial charge in [-0.3, -0.25) is 0 Å². The molecule has 10 heteroatoms. The van der Waals surface area contributed by atoms with Crippen molar-refractivity contribution in [2.45, 2.75) is 9.79 Å². The fourth-order valence-corrected chi connectivity index (χ4v) is 15.0. The Bertz CT molecular complexity index is 1370. The molecule has 6 nitrogen and oxygen atoms in total. The predicted molar refractivity (Wildman–Crippen MR) is 138 cm³/mol. The van der Waals surface area contributed by atoms with Crippen molar-refractivity contribution in [3.8, 4) is 0 Å². The molecule has 0 heterocycles. The van der Waals surface area contributed by atoms with Gasteiger partial charge in [-0.1, -0.05) is 0 Å². The van der Waals surface area contributed by atoms with Crippen LogP contribution >= 0.6 is 0 Å². The molecule has 0 saturated carbocycles. The third-order valence-corrected chi connectivity index (χ3v) is 15.3. The minimum atomic E-state index is -3.78. The average molecular weight is 622 g/mol. The molecule has 0 amide bonds. The van der Waals surface area contributed by atoms with Gasteiger partial charge in [0.05, 0.1) is 0 Å². The molecule has 0 aromatic heterocycles. The maximum atomic E-state index is 13.1. The van der Waals surface area contributed by atoms with E-state index in [1.807, 2.05) is 12.1 Å². The number of rotatable bonds is 9. The Hall–Kier alpha value is -2.58. The molecule has 174 valence electrons. The molecular weight excluding hydrogens is 602 g/mol. The molecule has 0 fully saturated rings. The molecule has 4 aromatic carbocycles. The summed E-state index contributed by atoms with van der Waals surface area (Å²) >= 11 is -0.541. The fourth-order valence-electron chi connectivity index (χ4n) is 3.00. The summed E-state index contributed by atoms with van der Waals surface area (Å²) in [6.45, 7) is 0. The van der Waals surface area contributed by atoms with Crippen molar-refractivity contribution in [3.05, 3.63) is 109 Å². The second kappa shape index (κ2) is 10.8. The number of hydrogen-bond donors (Lipinski definition) is 2. The van der Waals surface area contributed by atoms with Gasteiger partial charge in [-0.25, -0.2) is 0 Å². The van der Waals surface area contributed by atoms with Crippen molar-refractivity contribution in [2.75, 3.05) is 9.44 Å². The van der Waals surface area contributed by atoms with E-state index in [0.717, 1.165) is 0 Å². The van der Waals surface area contributed by atoms with Crippen LogP contribution in [0.2, 0.25) is 0 Å². The summed E-state index contributed by atoms with van der Waals surface area (Å²) in [5.74, 6) is 0. The van der Waals surface area contributed by atoms with Gasteiger partial charge in [-0.15, -0.1) is 0 Å². The average Bonchev–Trinajstić information content (AvgIpc) is 2.84. The molecular formula is C24H20N2O4S2Se2. The first-order chi connectivity index (χ1) is 16.4. The van der Waals surface area contributed by atoms with E-state index in [1.54, 1.807) is 97.1 Å². The quantitative estimate of drug-likeness (QED) is 0.281. The Morgan fingerprint density at radius 1 is 0.441 bits per heavy atom. The monoisotopic (exact) mass is 624 g/mol. The van der Waals surface area contributed by atoms with Crippen LogP contribution in [0.25, 0.3) is 0 Å². The van der Waals surface area contributed by atoms with E-state index in [1.165, 1.54) is 0 Å². The summed E-state index contributed by atoms with van der Waals surface area (Å²) in [6, 6.07) is 31.2. The third-order valence-electron chi connectivity index (χ3n) is 4.55.